The summed E-state index contributed by atoms with van der Waals surface area (Å²) in [6.07, 6.45) is 0. The lowest BCUT2D eigenvalue weighted by Crippen LogP contribution is -2.04. The number of rotatable bonds is 5. The number of nitrogens with zero attached hydrogens (tertiary/aromatic N) is 2. The van der Waals surface area contributed by atoms with Crippen molar-refractivity contribution in [3.05, 3.63) is 70.9 Å². The lowest BCUT2D eigenvalue weighted by atomic mass is 10.1. The van der Waals surface area contributed by atoms with Crippen LogP contribution in [0.3, 0.4) is 0 Å². The van der Waals surface area contributed by atoms with Gasteiger partial charge in [0.05, 0.1) is 5.56 Å². The van der Waals surface area contributed by atoms with E-state index in [1.54, 1.807) is 24.3 Å². The Bertz CT molecular complexity index is 950. The molecule has 3 N–H and O–H groups in total. The van der Waals surface area contributed by atoms with E-state index in [9.17, 15) is 4.79 Å². The third kappa shape index (κ3) is 3.97. The largest absolute Gasteiger partial charge is 0.478 e. The van der Waals surface area contributed by atoms with Gasteiger partial charge in [0.15, 0.2) is 0 Å². The zero-order valence-electron chi connectivity index (χ0n) is 14.9. The molecule has 0 spiro atoms. The van der Waals surface area contributed by atoms with Crippen LogP contribution in [0, 0.1) is 20.8 Å². The van der Waals surface area contributed by atoms with E-state index in [0.29, 0.717) is 17.5 Å². The van der Waals surface area contributed by atoms with Crippen molar-refractivity contribution in [3.63, 3.8) is 0 Å². The Morgan fingerprint density at radius 2 is 1.62 bits per heavy atom. The summed E-state index contributed by atoms with van der Waals surface area (Å²) in [5, 5.41) is 15.5. The van der Waals surface area contributed by atoms with Crippen LogP contribution in [0.15, 0.2) is 48.5 Å². The number of aromatic carboxylic acids is 1. The standard InChI is InChI=1S/C20H20N4O2/c1-12-6-4-7-13(2)18(12)24-20-21-14(3)10-17(23-20)22-16-9-5-8-15(11-16)19(25)26/h4-11H,1-3H3,(H,25,26)(H2,21,22,23,24). The Morgan fingerprint density at radius 1 is 0.923 bits per heavy atom. The summed E-state index contributed by atoms with van der Waals surface area (Å²) in [6.45, 7) is 5.94. The van der Waals surface area contributed by atoms with Crippen LogP contribution in [0.5, 0.6) is 0 Å². The lowest BCUT2D eigenvalue weighted by molar-refractivity contribution is 0.0697. The average molecular weight is 348 g/mol. The fourth-order valence-electron chi connectivity index (χ4n) is 2.69. The second-order valence-electron chi connectivity index (χ2n) is 6.12. The highest BCUT2D eigenvalue weighted by molar-refractivity contribution is 5.89. The summed E-state index contributed by atoms with van der Waals surface area (Å²) in [5.41, 5.74) is 4.87. The van der Waals surface area contributed by atoms with E-state index in [1.807, 2.05) is 45.0 Å². The van der Waals surface area contributed by atoms with Crippen molar-refractivity contribution < 1.29 is 9.90 Å². The average Bonchev–Trinajstić information content (AvgIpc) is 2.58. The number of aromatic nitrogens is 2. The predicted molar refractivity (Wildman–Crippen MR) is 103 cm³/mol. The van der Waals surface area contributed by atoms with Crippen molar-refractivity contribution in [2.45, 2.75) is 20.8 Å². The van der Waals surface area contributed by atoms with Gasteiger partial charge in [-0.2, -0.15) is 4.98 Å². The van der Waals surface area contributed by atoms with Crippen LogP contribution >= 0.6 is 0 Å². The van der Waals surface area contributed by atoms with Gasteiger partial charge in [0.2, 0.25) is 5.95 Å². The number of nitrogens with one attached hydrogen (secondary N) is 2. The Labute approximate surface area is 152 Å². The zero-order chi connectivity index (χ0) is 18.7. The summed E-state index contributed by atoms with van der Waals surface area (Å²) >= 11 is 0. The molecular formula is C20H20N4O2. The number of hydrogen-bond donors (Lipinski definition) is 3. The second kappa shape index (κ2) is 7.23. The number of benzene rings is 2. The van der Waals surface area contributed by atoms with Gasteiger partial charge in [-0.25, -0.2) is 9.78 Å². The van der Waals surface area contributed by atoms with E-state index in [0.717, 1.165) is 22.5 Å². The summed E-state index contributed by atoms with van der Waals surface area (Å²) in [5.74, 6) is 0.109. The second-order valence-corrected chi connectivity index (χ2v) is 6.12. The minimum Gasteiger partial charge on any atom is -0.478 e. The van der Waals surface area contributed by atoms with Crippen molar-refractivity contribution in [2.24, 2.45) is 0 Å². The third-order valence-electron chi connectivity index (χ3n) is 3.95. The quantitative estimate of drug-likeness (QED) is 0.625. The molecule has 0 saturated heterocycles. The van der Waals surface area contributed by atoms with Gasteiger partial charge in [-0.1, -0.05) is 24.3 Å². The molecule has 0 bridgehead atoms. The maximum absolute atomic E-state index is 11.1. The molecular weight excluding hydrogens is 328 g/mol. The molecule has 0 aliphatic rings. The van der Waals surface area contributed by atoms with E-state index >= 15 is 0 Å². The Kier molecular flexibility index (Phi) is 4.84. The Morgan fingerprint density at radius 3 is 2.31 bits per heavy atom. The predicted octanol–water partition coefficient (Wildman–Crippen LogP) is 4.59. The molecule has 0 unspecified atom stereocenters. The first-order valence-corrected chi connectivity index (χ1v) is 8.21. The number of carbonyl (C=O) groups is 1. The number of carboxylic acids is 1. The summed E-state index contributed by atoms with van der Waals surface area (Å²) in [7, 11) is 0. The SMILES string of the molecule is Cc1cc(Nc2cccc(C(=O)O)c2)nc(Nc2c(C)cccc2C)n1. The number of anilines is 4. The summed E-state index contributed by atoms with van der Waals surface area (Å²) in [4.78, 5) is 20.1. The molecule has 0 fully saturated rings. The van der Waals surface area contributed by atoms with Crippen LogP contribution in [0.4, 0.5) is 23.1 Å². The molecule has 26 heavy (non-hydrogen) atoms. The minimum atomic E-state index is -0.968. The van der Waals surface area contributed by atoms with Crippen molar-refractivity contribution >= 4 is 29.1 Å². The van der Waals surface area contributed by atoms with Crippen LogP contribution in [0.25, 0.3) is 0 Å². The van der Waals surface area contributed by atoms with E-state index in [4.69, 9.17) is 5.11 Å². The molecule has 1 aromatic heterocycles. The maximum Gasteiger partial charge on any atom is 0.335 e. The Balaban J connectivity index is 1.88. The highest BCUT2D eigenvalue weighted by Gasteiger charge is 2.08. The summed E-state index contributed by atoms with van der Waals surface area (Å²) < 4.78 is 0. The topological polar surface area (TPSA) is 87.1 Å². The van der Waals surface area contributed by atoms with Crippen LogP contribution in [-0.2, 0) is 0 Å². The first-order chi connectivity index (χ1) is 12.4. The van der Waals surface area contributed by atoms with E-state index < -0.39 is 5.97 Å². The molecule has 0 radical (unpaired) electrons. The molecule has 132 valence electrons. The van der Waals surface area contributed by atoms with Crippen LogP contribution in [0.2, 0.25) is 0 Å². The first-order valence-electron chi connectivity index (χ1n) is 8.21. The molecule has 3 rings (SSSR count). The molecule has 0 atom stereocenters. The monoisotopic (exact) mass is 348 g/mol. The van der Waals surface area contributed by atoms with Crippen molar-refractivity contribution in [1.82, 2.24) is 9.97 Å². The van der Waals surface area contributed by atoms with Crippen molar-refractivity contribution in [3.8, 4) is 0 Å². The van der Waals surface area contributed by atoms with Gasteiger partial charge in [-0.3, -0.25) is 0 Å². The molecule has 6 heteroatoms. The smallest absolute Gasteiger partial charge is 0.335 e. The van der Waals surface area contributed by atoms with Gasteiger partial charge in [-0.05, 0) is 50.1 Å². The van der Waals surface area contributed by atoms with Crippen molar-refractivity contribution in [2.75, 3.05) is 10.6 Å². The van der Waals surface area contributed by atoms with Gasteiger partial charge in [0.1, 0.15) is 5.82 Å². The van der Waals surface area contributed by atoms with Crippen LogP contribution in [-0.4, -0.2) is 21.0 Å². The maximum atomic E-state index is 11.1. The van der Waals surface area contributed by atoms with E-state index in [2.05, 4.69) is 20.6 Å². The molecule has 0 saturated carbocycles. The molecule has 1 heterocycles. The first kappa shape index (κ1) is 17.4. The number of hydrogen-bond acceptors (Lipinski definition) is 5. The molecule has 0 amide bonds. The summed E-state index contributed by atoms with van der Waals surface area (Å²) in [6, 6.07) is 14.5. The molecule has 0 aliphatic heterocycles. The van der Waals surface area contributed by atoms with Crippen molar-refractivity contribution in [1.29, 1.82) is 0 Å². The normalized spacial score (nSPS) is 10.4. The van der Waals surface area contributed by atoms with Crippen LogP contribution < -0.4 is 10.6 Å². The molecule has 3 aromatic rings. The number of para-hydroxylation sites is 1. The minimum absolute atomic E-state index is 0.217. The van der Waals surface area contributed by atoms with Gasteiger partial charge >= 0.3 is 5.97 Å². The van der Waals surface area contributed by atoms with Gasteiger partial charge < -0.3 is 15.7 Å². The fourth-order valence-corrected chi connectivity index (χ4v) is 2.69. The van der Waals surface area contributed by atoms with Gasteiger partial charge in [-0.15, -0.1) is 0 Å². The highest BCUT2D eigenvalue weighted by Crippen LogP contribution is 2.24. The van der Waals surface area contributed by atoms with Gasteiger partial charge in [0.25, 0.3) is 0 Å². The number of aryl methyl sites for hydroxylation is 3. The lowest BCUT2D eigenvalue weighted by Gasteiger charge is -2.13. The highest BCUT2D eigenvalue weighted by atomic mass is 16.4. The Hall–Kier alpha value is -3.41. The van der Waals surface area contributed by atoms with Gasteiger partial charge in [0, 0.05) is 23.1 Å². The molecule has 0 aliphatic carbocycles. The van der Waals surface area contributed by atoms with E-state index in [1.165, 1.54) is 0 Å². The number of carboxylic acid groups (broad SMARTS) is 1. The van der Waals surface area contributed by atoms with E-state index in [-0.39, 0.29) is 5.56 Å². The zero-order valence-corrected chi connectivity index (χ0v) is 14.9. The van der Waals surface area contributed by atoms with Crippen LogP contribution in [0.1, 0.15) is 27.2 Å². The molecule has 6 nitrogen and oxygen atoms in total. The molecule has 2 aromatic carbocycles. The third-order valence-corrected chi connectivity index (χ3v) is 3.95. The fraction of sp³-hybridized carbons (Fsp3) is 0.150.